The summed E-state index contributed by atoms with van der Waals surface area (Å²) in [6.07, 6.45) is -4.57. The molecule has 0 aliphatic rings. The van der Waals surface area contributed by atoms with Crippen LogP contribution in [0.4, 0.5) is 24.5 Å². The molecule has 0 saturated carbocycles. The molecule has 0 aliphatic carbocycles. The maximum absolute atomic E-state index is 12.2. The topological polar surface area (TPSA) is 84.3 Å². The van der Waals surface area contributed by atoms with Crippen LogP contribution in [0.5, 0.6) is 0 Å². The Balaban J connectivity index is 2.17. The summed E-state index contributed by atoms with van der Waals surface area (Å²) in [6, 6.07) is 10.3. The van der Waals surface area contributed by atoms with Crippen molar-refractivity contribution in [3.63, 3.8) is 0 Å². The van der Waals surface area contributed by atoms with E-state index in [0.717, 1.165) is 6.07 Å². The summed E-state index contributed by atoms with van der Waals surface area (Å²) in [5, 5.41) is 16.2. The first kappa shape index (κ1) is 19.5. The zero-order valence-corrected chi connectivity index (χ0v) is 13.9. The van der Waals surface area contributed by atoms with Gasteiger partial charge in [-0.1, -0.05) is 29.8 Å². The summed E-state index contributed by atoms with van der Waals surface area (Å²) >= 11 is 6.01. The lowest BCUT2D eigenvalue weighted by Gasteiger charge is -2.11. The van der Waals surface area contributed by atoms with Gasteiger partial charge in [0, 0.05) is 23.2 Å². The second-order valence-corrected chi connectivity index (χ2v) is 5.64. The Morgan fingerprint density at radius 3 is 2.50 bits per heavy atom. The van der Waals surface area contributed by atoms with E-state index in [4.69, 9.17) is 11.6 Å². The maximum atomic E-state index is 12.2. The van der Waals surface area contributed by atoms with Crippen molar-refractivity contribution in [1.29, 1.82) is 0 Å². The van der Waals surface area contributed by atoms with Crippen LogP contribution in [0, 0.1) is 10.1 Å². The number of alkyl halides is 3. The molecule has 2 N–H and O–H groups in total. The summed E-state index contributed by atoms with van der Waals surface area (Å²) in [5.41, 5.74) is 0.138. The molecule has 0 spiro atoms. The third-order valence-electron chi connectivity index (χ3n) is 3.33. The highest BCUT2D eigenvalue weighted by molar-refractivity contribution is 6.31. The Kier molecular flexibility index (Phi) is 6.04. The van der Waals surface area contributed by atoms with Crippen LogP contribution in [0.1, 0.15) is 15.9 Å². The molecule has 0 unspecified atom stereocenters. The van der Waals surface area contributed by atoms with Crippen LogP contribution in [0.25, 0.3) is 0 Å². The quantitative estimate of drug-likeness (QED) is 0.576. The first-order valence-corrected chi connectivity index (χ1v) is 7.66. The van der Waals surface area contributed by atoms with Gasteiger partial charge in [-0.05, 0) is 23.8 Å². The minimum Gasteiger partial charge on any atom is -0.375 e. The fraction of sp³-hybridized carbons (Fsp3) is 0.188. The molecule has 0 saturated heterocycles. The highest BCUT2D eigenvalue weighted by Crippen LogP contribution is 2.27. The lowest BCUT2D eigenvalue weighted by atomic mass is 10.1. The zero-order chi connectivity index (χ0) is 19.3. The van der Waals surface area contributed by atoms with E-state index < -0.39 is 29.2 Å². The van der Waals surface area contributed by atoms with Gasteiger partial charge in [-0.15, -0.1) is 0 Å². The van der Waals surface area contributed by atoms with Crippen molar-refractivity contribution < 1.29 is 22.9 Å². The molecule has 6 nitrogen and oxygen atoms in total. The van der Waals surface area contributed by atoms with Crippen LogP contribution >= 0.6 is 11.6 Å². The molecule has 2 aromatic carbocycles. The predicted octanol–water partition coefficient (Wildman–Crippen LogP) is 4.15. The Morgan fingerprint density at radius 1 is 1.19 bits per heavy atom. The molecule has 10 heteroatoms. The van der Waals surface area contributed by atoms with Gasteiger partial charge in [0.15, 0.2) is 0 Å². The number of anilines is 1. The summed E-state index contributed by atoms with van der Waals surface area (Å²) in [4.78, 5) is 22.2. The van der Waals surface area contributed by atoms with E-state index in [-0.39, 0.29) is 17.8 Å². The number of nitrogens with one attached hydrogen (secondary N) is 2. The number of halogens is 4. The number of nitro benzene ring substituents is 1. The van der Waals surface area contributed by atoms with E-state index >= 15 is 0 Å². The van der Waals surface area contributed by atoms with Crippen molar-refractivity contribution in [3.05, 3.63) is 68.7 Å². The molecular formula is C16H13ClF3N3O3. The van der Waals surface area contributed by atoms with Gasteiger partial charge in [0.1, 0.15) is 12.2 Å². The number of hydrogen-bond acceptors (Lipinski definition) is 4. The van der Waals surface area contributed by atoms with Crippen molar-refractivity contribution in [1.82, 2.24) is 5.32 Å². The number of nitro groups is 1. The van der Waals surface area contributed by atoms with Crippen LogP contribution in [-0.2, 0) is 6.54 Å². The third-order valence-corrected chi connectivity index (χ3v) is 3.70. The molecule has 2 rings (SSSR count). The van der Waals surface area contributed by atoms with Crippen LogP contribution < -0.4 is 10.6 Å². The van der Waals surface area contributed by atoms with Gasteiger partial charge >= 0.3 is 6.18 Å². The van der Waals surface area contributed by atoms with Gasteiger partial charge in [-0.25, -0.2) is 0 Å². The van der Waals surface area contributed by atoms with Crippen LogP contribution in [0.3, 0.4) is 0 Å². The smallest absolute Gasteiger partial charge is 0.375 e. The zero-order valence-electron chi connectivity index (χ0n) is 13.1. The molecule has 0 bridgehead atoms. The summed E-state index contributed by atoms with van der Waals surface area (Å²) < 4.78 is 36.5. The minimum atomic E-state index is -4.57. The van der Waals surface area contributed by atoms with Crippen molar-refractivity contribution in [3.8, 4) is 0 Å². The van der Waals surface area contributed by atoms with E-state index in [2.05, 4.69) is 5.32 Å². The number of benzene rings is 2. The number of nitrogens with zero attached hydrogens (tertiary/aromatic N) is 1. The van der Waals surface area contributed by atoms with E-state index in [1.54, 1.807) is 29.6 Å². The number of hydrogen-bond donors (Lipinski definition) is 2. The SMILES string of the molecule is O=C(NCC(F)(F)F)c1ccc(NCc2ccccc2Cl)c([N+](=O)[O-])c1. The lowest BCUT2D eigenvalue weighted by Crippen LogP contribution is -2.33. The fourth-order valence-corrected chi connectivity index (χ4v) is 2.29. The summed E-state index contributed by atoms with van der Waals surface area (Å²) in [5.74, 6) is -1.05. The summed E-state index contributed by atoms with van der Waals surface area (Å²) in [7, 11) is 0. The molecule has 2 aromatic rings. The highest BCUT2D eigenvalue weighted by atomic mass is 35.5. The number of amides is 1. The second kappa shape index (κ2) is 8.05. The minimum absolute atomic E-state index is 0.113. The Hall–Kier alpha value is -2.81. The van der Waals surface area contributed by atoms with E-state index in [1.807, 2.05) is 0 Å². The lowest BCUT2D eigenvalue weighted by molar-refractivity contribution is -0.384. The molecule has 1 amide bonds. The van der Waals surface area contributed by atoms with Gasteiger partial charge in [-0.3, -0.25) is 14.9 Å². The molecular weight excluding hydrogens is 375 g/mol. The Bertz CT molecular complexity index is 828. The molecule has 0 aliphatic heterocycles. The molecule has 0 aromatic heterocycles. The monoisotopic (exact) mass is 387 g/mol. The average Bonchev–Trinajstić information content (AvgIpc) is 2.58. The molecule has 138 valence electrons. The predicted molar refractivity (Wildman–Crippen MR) is 90.3 cm³/mol. The average molecular weight is 388 g/mol. The van der Waals surface area contributed by atoms with Crippen LogP contribution in [-0.4, -0.2) is 23.6 Å². The van der Waals surface area contributed by atoms with E-state index in [9.17, 15) is 28.1 Å². The fourth-order valence-electron chi connectivity index (χ4n) is 2.09. The van der Waals surface area contributed by atoms with E-state index in [0.29, 0.717) is 10.6 Å². The van der Waals surface area contributed by atoms with Crippen molar-refractivity contribution in [2.45, 2.75) is 12.7 Å². The highest BCUT2D eigenvalue weighted by Gasteiger charge is 2.28. The molecule has 0 radical (unpaired) electrons. The Morgan fingerprint density at radius 2 is 1.88 bits per heavy atom. The third kappa shape index (κ3) is 5.35. The van der Waals surface area contributed by atoms with Crippen molar-refractivity contribution in [2.24, 2.45) is 0 Å². The van der Waals surface area contributed by atoms with Crippen molar-refractivity contribution in [2.75, 3.05) is 11.9 Å². The number of carbonyl (C=O) groups excluding carboxylic acids is 1. The van der Waals surface area contributed by atoms with Crippen LogP contribution in [0.15, 0.2) is 42.5 Å². The molecule has 0 heterocycles. The first-order chi connectivity index (χ1) is 12.2. The molecule has 0 atom stereocenters. The largest absolute Gasteiger partial charge is 0.405 e. The number of carbonyl (C=O) groups is 1. The Labute approximate surface area is 151 Å². The normalized spacial score (nSPS) is 11.1. The van der Waals surface area contributed by atoms with Crippen LogP contribution in [0.2, 0.25) is 5.02 Å². The number of rotatable bonds is 6. The first-order valence-electron chi connectivity index (χ1n) is 7.28. The van der Waals surface area contributed by atoms with Gasteiger partial charge < -0.3 is 10.6 Å². The second-order valence-electron chi connectivity index (χ2n) is 5.23. The molecule has 0 fully saturated rings. The van der Waals surface area contributed by atoms with Gasteiger partial charge in [-0.2, -0.15) is 13.2 Å². The van der Waals surface area contributed by atoms with Gasteiger partial charge in [0.05, 0.1) is 4.92 Å². The van der Waals surface area contributed by atoms with Crippen molar-refractivity contribution >= 4 is 28.9 Å². The van der Waals surface area contributed by atoms with Gasteiger partial charge in [0.2, 0.25) is 0 Å². The standard InChI is InChI=1S/C16H13ClF3N3O3/c17-12-4-2-1-3-11(12)8-21-13-6-5-10(7-14(13)23(25)26)15(24)22-9-16(18,19)20/h1-7,21H,8-9H2,(H,22,24). The summed E-state index contributed by atoms with van der Waals surface area (Å²) in [6.45, 7) is -1.33. The van der Waals surface area contributed by atoms with Gasteiger partial charge in [0.25, 0.3) is 11.6 Å². The molecule has 26 heavy (non-hydrogen) atoms. The van der Waals surface area contributed by atoms with E-state index in [1.165, 1.54) is 12.1 Å². The maximum Gasteiger partial charge on any atom is 0.405 e.